The first-order chi connectivity index (χ1) is 9.52. The van der Waals surface area contributed by atoms with Crippen molar-refractivity contribution in [2.24, 2.45) is 5.84 Å². The maximum atomic E-state index is 12.2. The number of aromatic nitrogens is 1. The van der Waals surface area contributed by atoms with Gasteiger partial charge in [-0.3, -0.25) is 9.59 Å². The van der Waals surface area contributed by atoms with Gasteiger partial charge in [-0.1, -0.05) is 23.7 Å². The van der Waals surface area contributed by atoms with E-state index in [0.717, 1.165) is 0 Å². The summed E-state index contributed by atoms with van der Waals surface area (Å²) in [6, 6.07) is 9.66. The van der Waals surface area contributed by atoms with Crippen LogP contribution in [0.2, 0.25) is 5.15 Å². The number of benzene rings is 1. The zero-order chi connectivity index (χ0) is 14.7. The van der Waals surface area contributed by atoms with Crippen molar-refractivity contribution in [2.45, 2.75) is 0 Å². The fourth-order valence-electron chi connectivity index (χ4n) is 1.53. The number of imide groups is 1. The first-order valence-corrected chi connectivity index (χ1v) is 6.68. The Balaban J connectivity index is 2.30. The summed E-state index contributed by atoms with van der Waals surface area (Å²) < 4.78 is 0.547. The Bertz CT molecular complexity index is 621. The molecule has 0 fully saturated rings. The van der Waals surface area contributed by atoms with Crippen molar-refractivity contribution in [3.63, 3.8) is 0 Å². The average molecular weight is 355 g/mol. The predicted octanol–water partition coefficient (Wildman–Crippen LogP) is 2.65. The van der Waals surface area contributed by atoms with Gasteiger partial charge in [-0.15, -0.1) is 0 Å². The van der Waals surface area contributed by atoms with E-state index in [2.05, 4.69) is 20.9 Å². The number of pyridine rings is 1. The van der Waals surface area contributed by atoms with Crippen LogP contribution in [0.5, 0.6) is 0 Å². The Morgan fingerprint density at radius 2 is 1.70 bits per heavy atom. The summed E-state index contributed by atoms with van der Waals surface area (Å²) in [5.41, 5.74) is 0.348. The highest BCUT2D eigenvalue weighted by atomic mass is 79.9. The van der Waals surface area contributed by atoms with Gasteiger partial charge in [-0.05, 0) is 40.2 Å². The maximum Gasteiger partial charge on any atom is 0.278 e. The second-order valence-corrected chi connectivity index (χ2v) is 5.01. The third-order valence-electron chi connectivity index (χ3n) is 2.53. The highest BCUT2D eigenvalue weighted by Crippen LogP contribution is 2.19. The van der Waals surface area contributed by atoms with Crippen LogP contribution in [0, 0.1) is 0 Å². The molecule has 0 aliphatic heterocycles. The number of amides is 2. The lowest BCUT2D eigenvalue weighted by atomic mass is 10.2. The predicted molar refractivity (Wildman–Crippen MR) is 78.1 cm³/mol. The molecule has 1 heterocycles. The fraction of sp³-hybridized carbons (Fsp3) is 0. The van der Waals surface area contributed by atoms with E-state index in [1.165, 1.54) is 18.3 Å². The lowest BCUT2D eigenvalue weighted by Crippen LogP contribution is -2.42. The SMILES string of the molecule is NN(C(=O)c1ccccc1Br)C(=O)c1cccnc1Cl. The zero-order valence-electron chi connectivity index (χ0n) is 10.1. The van der Waals surface area contributed by atoms with Crippen LogP contribution in [-0.2, 0) is 0 Å². The largest absolute Gasteiger partial charge is 0.278 e. The molecule has 0 spiro atoms. The van der Waals surface area contributed by atoms with Crippen LogP contribution in [0.3, 0.4) is 0 Å². The van der Waals surface area contributed by atoms with Crippen LogP contribution < -0.4 is 5.84 Å². The second-order valence-electron chi connectivity index (χ2n) is 3.80. The smallest absolute Gasteiger partial charge is 0.267 e. The van der Waals surface area contributed by atoms with Crippen molar-refractivity contribution in [3.05, 3.63) is 63.3 Å². The van der Waals surface area contributed by atoms with Gasteiger partial charge in [0.15, 0.2) is 0 Å². The Morgan fingerprint density at radius 1 is 1.10 bits per heavy atom. The van der Waals surface area contributed by atoms with Gasteiger partial charge in [0.25, 0.3) is 11.8 Å². The number of carbonyl (C=O) groups is 2. The number of halogens is 2. The van der Waals surface area contributed by atoms with Crippen LogP contribution in [0.25, 0.3) is 0 Å². The van der Waals surface area contributed by atoms with E-state index in [4.69, 9.17) is 17.4 Å². The van der Waals surface area contributed by atoms with Crippen LogP contribution in [0.1, 0.15) is 20.7 Å². The summed E-state index contributed by atoms with van der Waals surface area (Å²) in [6.07, 6.45) is 1.44. The molecule has 2 rings (SSSR count). The molecule has 102 valence electrons. The van der Waals surface area contributed by atoms with Crippen LogP contribution in [-0.4, -0.2) is 21.8 Å². The summed E-state index contributed by atoms with van der Waals surface area (Å²) in [5.74, 6) is 4.23. The Morgan fingerprint density at radius 3 is 2.35 bits per heavy atom. The van der Waals surface area contributed by atoms with Crippen LogP contribution in [0.15, 0.2) is 47.1 Å². The molecule has 0 aliphatic carbocycles. The molecule has 1 aromatic carbocycles. The fourth-order valence-corrected chi connectivity index (χ4v) is 2.19. The lowest BCUT2D eigenvalue weighted by molar-refractivity contribution is 0.0615. The van der Waals surface area contributed by atoms with Crippen molar-refractivity contribution in [3.8, 4) is 0 Å². The minimum absolute atomic E-state index is 0.00660. The highest BCUT2D eigenvalue weighted by Gasteiger charge is 2.24. The molecule has 0 radical (unpaired) electrons. The van der Waals surface area contributed by atoms with Crippen molar-refractivity contribution < 1.29 is 9.59 Å². The molecule has 5 nitrogen and oxygen atoms in total. The molecule has 0 saturated heterocycles. The molecule has 0 bridgehead atoms. The van der Waals surface area contributed by atoms with E-state index in [0.29, 0.717) is 9.48 Å². The number of carbonyl (C=O) groups excluding carboxylic acids is 2. The van der Waals surface area contributed by atoms with Gasteiger partial charge in [0, 0.05) is 10.7 Å². The molecule has 1 aromatic heterocycles. The zero-order valence-corrected chi connectivity index (χ0v) is 12.4. The van der Waals surface area contributed by atoms with Crippen LogP contribution in [0.4, 0.5) is 0 Å². The summed E-state index contributed by atoms with van der Waals surface area (Å²) in [7, 11) is 0. The van der Waals surface area contributed by atoms with E-state index in [1.807, 2.05) is 0 Å². The molecular formula is C13H9BrClN3O2. The highest BCUT2D eigenvalue weighted by molar-refractivity contribution is 9.10. The van der Waals surface area contributed by atoms with Crippen molar-refractivity contribution in [2.75, 3.05) is 0 Å². The van der Waals surface area contributed by atoms with E-state index < -0.39 is 11.8 Å². The van der Waals surface area contributed by atoms with Crippen molar-refractivity contribution in [1.29, 1.82) is 0 Å². The van der Waals surface area contributed by atoms with Crippen LogP contribution >= 0.6 is 27.5 Å². The molecule has 0 atom stereocenters. The Kier molecular flexibility index (Phi) is 4.49. The van der Waals surface area contributed by atoms with Crippen molar-refractivity contribution in [1.82, 2.24) is 9.99 Å². The van der Waals surface area contributed by atoms with Gasteiger partial charge in [0.1, 0.15) is 5.15 Å². The Hall–Kier alpha value is -1.76. The van der Waals surface area contributed by atoms with Gasteiger partial charge < -0.3 is 0 Å². The van der Waals surface area contributed by atoms with E-state index in [1.54, 1.807) is 24.3 Å². The minimum Gasteiger partial charge on any atom is -0.267 e. The summed E-state index contributed by atoms with van der Waals surface area (Å²) in [6.45, 7) is 0. The standard InChI is InChI=1S/C13H9BrClN3O2/c14-10-6-2-1-4-8(10)12(19)18(16)13(20)9-5-3-7-17-11(9)15/h1-7H,16H2. The number of nitrogens with zero attached hydrogens (tertiary/aromatic N) is 2. The van der Waals surface area contributed by atoms with Gasteiger partial charge in [0.2, 0.25) is 0 Å². The second kappa shape index (κ2) is 6.13. The van der Waals surface area contributed by atoms with E-state index in [-0.39, 0.29) is 16.3 Å². The molecule has 2 amide bonds. The number of nitrogens with two attached hydrogens (primary N) is 1. The molecule has 20 heavy (non-hydrogen) atoms. The number of hydrogen-bond acceptors (Lipinski definition) is 4. The van der Waals surface area contributed by atoms with Gasteiger partial charge in [-0.2, -0.15) is 0 Å². The number of rotatable bonds is 2. The molecular weight excluding hydrogens is 346 g/mol. The summed E-state index contributed by atoms with van der Waals surface area (Å²) in [5, 5.41) is 0.510. The first-order valence-electron chi connectivity index (χ1n) is 5.51. The first kappa shape index (κ1) is 14.6. The summed E-state index contributed by atoms with van der Waals surface area (Å²) >= 11 is 9.04. The molecule has 2 N–H and O–H groups in total. The average Bonchev–Trinajstić information content (AvgIpc) is 2.46. The number of hydrazine groups is 1. The summed E-state index contributed by atoms with van der Waals surface area (Å²) in [4.78, 5) is 28.1. The van der Waals surface area contributed by atoms with Gasteiger partial charge >= 0.3 is 0 Å². The monoisotopic (exact) mass is 353 g/mol. The number of hydrogen-bond donors (Lipinski definition) is 1. The van der Waals surface area contributed by atoms with Gasteiger partial charge in [-0.25, -0.2) is 15.8 Å². The topological polar surface area (TPSA) is 76.3 Å². The molecule has 7 heteroatoms. The van der Waals surface area contributed by atoms with E-state index >= 15 is 0 Å². The molecule has 0 saturated carbocycles. The quantitative estimate of drug-likeness (QED) is 0.296. The molecule has 0 unspecified atom stereocenters. The third kappa shape index (κ3) is 2.87. The normalized spacial score (nSPS) is 10.2. The minimum atomic E-state index is -0.719. The molecule has 2 aromatic rings. The van der Waals surface area contributed by atoms with Gasteiger partial charge in [0.05, 0.1) is 11.1 Å². The third-order valence-corrected chi connectivity index (χ3v) is 3.52. The Labute approximate surface area is 128 Å². The molecule has 0 aliphatic rings. The maximum absolute atomic E-state index is 12.2. The van der Waals surface area contributed by atoms with E-state index in [9.17, 15) is 9.59 Å². The van der Waals surface area contributed by atoms with Crippen molar-refractivity contribution >= 4 is 39.3 Å². The lowest BCUT2D eigenvalue weighted by Gasteiger charge is -2.15.